The Labute approximate surface area is 180 Å². The number of pyridine rings is 1. The zero-order chi connectivity index (χ0) is 20.8. The number of aryl methyl sites for hydroxylation is 1. The maximum Gasteiger partial charge on any atom is 0.240 e. The topological polar surface area (TPSA) is 59.8 Å². The van der Waals surface area contributed by atoms with Crippen molar-refractivity contribution in [3.63, 3.8) is 0 Å². The van der Waals surface area contributed by atoms with Crippen LogP contribution in [-0.2, 0) is 23.5 Å². The number of thioether (sulfide) groups is 1. The SMILES string of the molecule is Cc1cccc(CSc2nc3cccnc3n2CC(=O)NCCc2ccccc2)c1. The molecule has 0 aliphatic carbocycles. The lowest BCUT2D eigenvalue weighted by Gasteiger charge is -2.10. The molecule has 2 heterocycles. The number of amides is 1. The third kappa shape index (κ3) is 5.07. The molecule has 2 aromatic carbocycles. The highest BCUT2D eigenvalue weighted by molar-refractivity contribution is 7.98. The van der Waals surface area contributed by atoms with Crippen molar-refractivity contribution in [2.75, 3.05) is 6.54 Å². The Morgan fingerprint density at radius 1 is 1.03 bits per heavy atom. The third-order valence-corrected chi connectivity index (χ3v) is 5.85. The van der Waals surface area contributed by atoms with Crippen LogP contribution in [0, 0.1) is 6.92 Å². The normalized spacial score (nSPS) is 11.0. The van der Waals surface area contributed by atoms with Crippen LogP contribution in [0.4, 0.5) is 0 Å². The first-order valence-corrected chi connectivity index (χ1v) is 11.0. The van der Waals surface area contributed by atoms with Crippen LogP contribution in [0.2, 0.25) is 0 Å². The highest BCUT2D eigenvalue weighted by Gasteiger charge is 2.15. The number of nitrogens with one attached hydrogen (secondary N) is 1. The molecule has 4 aromatic rings. The molecule has 0 spiro atoms. The lowest BCUT2D eigenvalue weighted by Crippen LogP contribution is -2.29. The van der Waals surface area contributed by atoms with Crippen LogP contribution in [0.5, 0.6) is 0 Å². The summed E-state index contributed by atoms with van der Waals surface area (Å²) in [5, 5.41) is 3.83. The van der Waals surface area contributed by atoms with E-state index in [-0.39, 0.29) is 12.5 Å². The van der Waals surface area contributed by atoms with Gasteiger partial charge in [0.15, 0.2) is 10.8 Å². The first kappa shape index (κ1) is 20.2. The average Bonchev–Trinajstić information content (AvgIpc) is 3.10. The summed E-state index contributed by atoms with van der Waals surface area (Å²) in [5.74, 6) is 0.758. The Hall–Kier alpha value is -3.12. The minimum absolute atomic E-state index is 0.0340. The first-order chi connectivity index (χ1) is 14.7. The minimum Gasteiger partial charge on any atom is -0.354 e. The number of hydrogen-bond acceptors (Lipinski definition) is 4. The number of rotatable bonds is 8. The van der Waals surface area contributed by atoms with Gasteiger partial charge in [-0.05, 0) is 36.6 Å². The number of nitrogens with zero attached hydrogens (tertiary/aromatic N) is 3. The van der Waals surface area contributed by atoms with Gasteiger partial charge in [-0.25, -0.2) is 9.97 Å². The molecule has 152 valence electrons. The molecule has 0 radical (unpaired) electrons. The van der Waals surface area contributed by atoms with Gasteiger partial charge in [0.05, 0.1) is 0 Å². The van der Waals surface area contributed by atoms with Gasteiger partial charge >= 0.3 is 0 Å². The van der Waals surface area contributed by atoms with Gasteiger partial charge in [0.2, 0.25) is 5.91 Å². The molecule has 0 unspecified atom stereocenters. The maximum atomic E-state index is 12.6. The average molecular weight is 417 g/mol. The van der Waals surface area contributed by atoms with E-state index in [9.17, 15) is 4.79 Å². The summed E-state index contributed by atoms with van der Waals surface area (Å²) in [6, 6.07) is 22.4. The van der Waals surface area contributed by atoms with E-state index < -0.39 is 0 Å². The number of fused-ring (bicyclic) bond motifs is 1. The van der Waals surface area contributed by atoms with Gasteiger partial charge in [0.25, 0.3) is 0 Å². The molecule has 6 heteroatoms. The van der Waals surface area contributed by atoms with E-state index >= 15 is 0 Å². The van der Waals surface area contributed by atoms with Crippen molar-refractivity contribution in [2.24, 2.45) is 0 Å². The Balaban J connectivity index is 1.45. The number of imidazole rings is 1. The molecule has 0 saturated heterocycles. The van der Waals surface area contributed by atoms with Crippen molar-refractivity contribution in [2.45, 2.75) is 30.8 Å². The molecule has 4 rings (SSSR count). The standard InChI is InChI=1S/C24H24N4OS/c1-18-7-5-10-20(15-18)17-30-24-27-21-11-6-13-26-23(21)28(24)16-22(29)25-14-12-19-8-3-2-4-9-19/h2-11,13,15H,12,14,16-17H2,1H3,(H,25,29). The zero-order valence-electron chi connectivity index (χ0n) is 16.9. The van der Waals surface area contributed by atoms with E-state index in [2.05, 4.69) is 53.6 Å². The van der Waals surface area contributed by atoms with E-state index in [1.165, 1.54) is 16.7 Å². The van der Waals surface area contributed by atoms with Gasteiger partial charge in [0.1, 0.15) is 12.1 Å². The van der Waals surface area contributed by atoms with Crippen molar-refractivity contribution in [1.29, 1.82) is 0 Å². The Morgan fingerprint density at radius 3 is 2.70 bits per heavy atom. The quantitative estimate of drug-likeness (QED) is 0.433. The van der Waals surface area contributed by atoms with E-state index in [0.717, 1.165) is 28.5 Å². The molecule has 0 atom stereocenters. The summed E-state index contributed by atoms with van der Waals surface area (Å²) >= 11 is 1.63. The lowest BCUT2D eigenvalue weighted by molar-refractivity contribution is -0.121. The van der Waals surface area contributed by atoms with Crippen LogP contribution in [0.1, 0.15) is 16.7 Å². The Bertz CT molecular complexity index is 1140. The number of hydrogen-bond donors (Lipinski definition) is 1. The molecule has 2 aromatic heterocycles. The van der Waals surface area contributed by atoms with Crippen LogP contribution in [0.3, 0.4) is 0 Å². The first-order valence-electron chi connectivity index (χ1n) is 9.99. The molecule has 5 nitrogen and oxygen atoms in total. The smallest absolute Gasteiger partial charge is 0.240 e. The van der Waals surface area contributed by atoms with Gasteiger partial charge < -0.3 is 5.32 Å². The fourth-order valence-corrected chi connectivity index (χ4v) is 4.28. The highest BCUT2D eigenvalue weighted by Crippen LogP contribution is 2.26. The largest absolute Gasteiger partial charge is 0.354 e. The molecular weight excluding hydrogens is 392 g/mol. The number of carbonyl (C=O) groups is 1. The van der Waals surface area contributed by atoms with Crippen LogP contribution in [0.15, 0.2) is 78.1 Å². The van der Waals surface area contributed by atoms with E-state index in [4.69, 9.17) is 4.98 Å². The fourth-order valence-electron chi connectivity index (χ4n) is 3.33. The summed E-state index contributed by atoms with van der Waals surface area (Å²) in [4.78, 5) is 21.8. The van der Waals surface area contributed by atoms with Gasteiger partial charge in [-0.1, -0.05) is 71.9 Å². The summed E-state index contributed by atoms with van der Waals surface area (Å²) < 4.78 is 1.91. The van der Waals surface area contributed by atoms with Crippen molar-refractivity contribution in [3.05, 3.63) is 89.6 Å². The monoisotopic (exact) mass is 416 g/mol. The lowest BCUT2D eigenvalue weighted by atomic mass is 10.1. The molecule has 0 aliphatic heterocycles. The molecule has 1 amide bonds. The Morgan fingerprint density at radius 2 is 1.87 bits per heavy atom. The zero-order valence-corrected chi connectivity index (χ0v) is 17.7. The molecule has 0 saturated carbocycles. The van der Waals surface area contributed by atoms with Gasteiger partial charge in [-0.15, -0.1) is 0 Å². The second-order valence-corrected chi connectivity index (χ2v) is 8.13. The minimum atomic E-state index is -0.0340. The van der Waals surface area contributed by atoms with Crippen molar-refractivity contribution >= 4 is 28.8 Å². The van der Waals surface area contributed by atoms with Crippen LogP contribution >= 0.6 is 11.8 Å². The number of aromatic nitrogens is 3. The van der Waals surface area contributed by atoms with Crippen molar-refractivity contribution in [3.8, 4) is 0 Å². The summed E-state index contributed by atoms with van der Waals surface area (Å²) in [6.07, 6.45) is 2.55. The van der Waals surface area contributed by atoms with Crippen molar-refractivity contribution in [1.82, 2.24) is 19.9 Å². The van der Waals surface area contributed by atoms with Gasteiger partial charge in [-0.2, -0.15) is 0 Å². The van der Waals surface area contributed by atoms with E-state index in [0.29, 0.717) is 6.54 Å². The van der Waals surface area contributed by atoms with Crippen molar-refractivity contribution < 1.29 is 4.79 Å². The van der Waals surface area contributed by atoms with Gasteiger partial charge in [-0.3, -0.25) is 9.36 Å². The number of carbonyl (C=O) groups excluding carboxylic acids is 1. The van der Waals surface area contributed by atoms with Crippen LogP contribution in [-0.4, -0.2) is 27.0 Å². The predicted octanol–water partition coefficient (Wildman–Crippen LogP) is 4.39. The van der Waals surface area contributed by atoms with E-state index in [1.807, 2.05) is 34.9 Å². The second kappa shape index (κ2) is 9.59. The van der Waals surface area contributed by atoms with Crippen LogP contribution < -0.4 is 5.32 Å². The molecular formula is C24H24N4OS. The van der Waals surface area contributed by atoms with E-state index in [1.54, 1.807) is 18.0 Å². The highest BCUT2D eigenvalue weighted by atomic mass is 32.2. The molecule has 30 heavy (non-hydrogen) atoms. The second-order valence-electron chi connectivity index (χ2n) is 7.19. The molecule has 0 fully saturated rings. The fraction of sp³-hybridized carbons (Fsp3) is 0.208. The maximum absolute atomic E-state index is 12.6. The molecule has 0 aliphatic rings. The Kier molecular flexibility index (Phi) is 6.44. The number of benzene rings is 2. The summed E-state index contributed by atoms with van der Waals surface area (Å²) in [7, 11) is 0. The van der Waals surface area contributed by atoms with Gasteiger partial charge in [0, 0.05) is 18.5 Å². The summed E-state index contributed by atoms with van der Waals surface area (Å²) in [5.41, 5.74) is 5.23. The predicted molar refractivity (Wildman–Crippen MR) is 121 cm³/mol. The third-order valence-electron chi connectivity index (χ3n) is 4.80. The molecule has 1 N–H and O–H groups in total. The molecule has 0 bridgehead atoms. The summed E-state index contributed by atoms with van der Waals surface area (Å²) in [6.45, 7) is 2.90. The van der Waals surface area contributed by atoms with Crippen LogP contribution in [0.25, 0.3) is 11.2 Å².